The molecule has 0 radical (unpaired) electrons. The summed E-state index contributed by atoms with van der Waals surface area (Å²) in [4.78, 5) is 25.8. The number of carbonyl (C=O) groups excluding carboxylic acids is 2. The van der Waals surface area contributed by atoms with Gasteiger partial charge in [0, 0.05) is 12.6 Å². The average molecular weight is 496 g/mol. The lowest BCUT2D eigenvalue weighted by Gasteiger charge is -2.24. The summed E-state index contributed by atoms with van der Waals surface area (Å²) in [5, 5.41) is 5.52. The van der Waals surface area contributed by atoms with Crippen LogP contribution in [-0.4, -0.2) is 40.4 Å². The molecule has 3 aromatic carbocycles. The van der Waals surface area contributed by atoms with Gasteiger partial charge >= 0.3 is 0 Å². The molecule has 0 saturated heterocycles. The second-order valence-electron chi connectivity index (χ2n) is 8.22. The Bertz CT molecular complexity index is 1280. The quantitative estimate of drug-likeness (QED) is 0.444. The van der Waals surface area contributed by atoms with Gasteiger partial charge < -0.3 is 15.4 Å². The van der Waals surface area contributed by atoms with Crippen LogP contribution in [0.5, 0.6) is 5.75 Å². The van der Waals surface area contributed by atoms with Gasteiger partial charge in [-0.05, 0) is 42.3 Å². The van der Waals surface area contributed by atoms with Crippen molar-refractivity contribution in [1.82, 2.24) is 5.32 Å². The number of anilines is 2. The first-order valence-corrected chi connectivity index (χ1v) is 12.6. The van der Waals surface area contributed by atoms with E-state index in [0.717, 1.165) is 4.31 Å². The number of para-hydroxylation sites is 1. The van der Waals surface area contributed by atoms with Crippen LogP contribution in [0, 0.1) is 5.92 Å². The van der Waals surface area contributed by atoms with Crippen LogP contribution in [0.4, 0.5) is 11.4 Å². The smallest absolute Gasteiger partial charge is 0.264 e. The van der Waals surface area contributed by atoms with E-state index in [9.17, 15) is 18.0 Å². The van der Waals surface area contributed by atoms with Crippen LogP contribution in [0.3, 0.4) is 0 Å². The van der Waals surface area contributed by atoms with Gasteiger partial charge in [-0.25, -0.2) is 8.42 Å². The summed E-state index contributed by atoms with van der Waals surface area (Å²) >= 11 is 0. The van der Waals surface area contributed by atoms with E-state index in [-0.39, 0.29) is 22.4 Å². The summed E-state index contributed by atoms with van der Waals surface area (Å²) in [6, 6.07) is 20.9. The van der Waals surface area contributed by atoms with Crippen LogP contribution in [0.2, 0.25) is 0 Å². The van der Waals surface area contributed by atoms with Crippen molar-refractivity contribution in [1.29, 1.82) is 0 Å². The minimum Gasteiger partial charge on any atom is -0.497 e. The summed E-state index contributed by atoms with van der Waals surface area (Å²) in [6.45, 7) is 3.94. The number of nitrogens with one attached hydrogen (secondary N) is 2. The monoisotopic (exact) mass is 495 g/mol. The molecule has 0 aliphatic carbocycles. The first-order valence-electron chi connectivity index (χ1n) is 11.1. The van der Waals surface area contributed by atoms with Crippen LogP contribution in [0.25, 0.3) is 0 Å². The molecule has 3 rings (SSSR count). The summed E-state index contributed by atoms with van der Waals surface area (Å²) in [7, 11) is -2.60. The van der Waals surface area contributed by atoms with Gasteiger partial charge in [-0.2, -0.15) is 0 Å². The third-order valence-corrected chi connectivity index (χ3v) is 6.86. The van der Waals surface area contributed by atoms with Gasteiger partial charge in [0.15, 0.2) is 0 Å². The Hall–Kier alpha value is -3.85. The van der Waals surface area contributed by atoms with Crippen LogP contribution in [-0.2, 0) is 14.8 Å². The summed E-state index contributed by atoms with van der Waals surface area (Å²) in [5.41, 5.74) is 0.855. The van der Waals surface area contributed by atoms with Crippen LogP contribution >= 0.6 is 0 Å². The van der Waals surface area contributed by atoms with Gasteiger partial charge in [0.05, 0.1) is 28.9 Å². The Balaban J connectivity index is 1.90. The van der Waals surface area contributed by atoms with E-state index in [1.807, 2.05) is 13.8 Å². The molecule has 0 bridgehead atoms. The minimum atomic E-state index is -4.07. The number of nitrogens with zero attached hydrogens (tertiary/aromatic N) is 1. The predicted octanol–water partition coefficient (Wildman–Crippen LogP) is 3.92. The molecule has 0 saturated carbocycles. The number of methoxy groups -OCH3 is 1. The molecule has 9 heteroatoms. The number of amides is 2. The summed E-state index contributed by atoms with van der Waals surface area (Å²) in [5.74, 6) is -0.212. The summed E-state index contributed by atoms with van der Waals surface area (Å²) < 4.78 is 33.2. The topological polar surface area (TPSA) is 105 Å². The lowest BCUT2D eigenvalue weighted by molar-refractivity contribution is -0.114. The molecule has 0 fully saturated rings. The van der Waals surface area contributed by atoms with E-state index in [1.54, 1.807) is 66.7 Å². The van der Waals surface area contributed by atoms with E-state index in [1.165, 1.54) is 19.2 Å². The number of hydrogen-bond acceptors (Lipinski definition) is 5. The van der Waals surface area contributed by atoms with Crippen LogP contribution < -0.4 is 19.7 Å². The first kappa shape index (κ1) is 25.8. The Morgan fingerprint density at radius 2 is 1.63 bits per heavy atom. The van der Waals surface area contributed by atoms with E-state index >= 15 is 0 Å². The second-order valence-corrected chi connectivity index (χ2v) is 10.1. The number of ether oxygens (including phenoxy) is 1. The number of carbonyl (C=O) groups is 2. The normalized spacial score (nSPS) is 11.1. The number of benzene rings is 3. The molecule has 184 valence electrons. The van der Waals surface area contributed by atoms with Crippen molar-refractivity contribution in [3.8, 4) is 5.75 Å². The lowest BCUT2D eigenvalue weighted by Crippen LogP contribution is -2.38. The summed E-state index contributed by atoms with van der Waals surface area (Å²) in [6.07, 6.45) is 0. The van der Waals surface area contributed by atoms with Gasteiger partial charge in [0.2, 0.25) is 5.91 Å². The highest BCUT2D eigenvalue weighted by Gasteiger charge is 2.28. The molecule has 2 amide bonds. The van der Waals surface area contributed by atoms with Crippen molar-refractivity contribution < 1.29 is 22.7 Å². The van der Waals surface area contributed by atoms with Gasteiger partial charge in [0.25, 0.3) is 15.9 Å². The Labute approximate surface area is 206 Å². The average Bonchev–Trinajstić information content (AvgIpc) is 2.86. The molecule has 0 heterocycles. The molecule has 0 aliphatic heterocycles. The van der Waals surface area contributed by atoms with Crippen LogP contribution in [0.1, 0.15) is 24.2 Å². The fourth-order valence-corrected chi connectivity index (χ4v) is 4.74. The first-order chi connectivity index (χ1) is 16.7. The zero-order valence-electron chi connectivity index (χ0n) is 19.9. The fourth-order valence-electron chi connectivity index (χ4n) is 3.30. The number of hydrogen-bond donors (Lipinski definition) is 2. The highest BCUT2D eigenvalue weighted by Crippen LogP contribution is 2.27. The molecule has 0 unspecified atom stereocenters. The number of sulfonamides is 1. The maximum atomic E-state index is 13.5. The molecule has 8 nitrogen and oxygen atoms in total. The molecule has 0 spiro atoms. The van der Waals surface area contributed by atoms with Crippen molar-refractivity contribution in [3.63, 3.8) is 0 Å². The van der Waals surface area contributed by atoms with Gasteiger partial charge in [-0.3, -0.25) is 13.9 Å². The van der Waals surface area contributed by atoms with Gasteiger partial charge in [0.1, 0.15) is 12.3 Å². The molecular formula is C26H29N3O5S. The number of rotatable bonds is 10. The van der Waals surface area contributed by atoms with Crippen molar-refractivity contribution in [3.05, 3.63) is 84.4 Å². The highest BCUT2D eigenvalue weighted by atomic mass is 32.2. The maximum Gasteiger partial charge on any atom is 0.264 e. The van der Waals surface area contributed by atoms with Crippen molar-refractivity contribution in [2.45, 2.75) is 18.7 Å². The molecule has 35 heavy (non-hydrogen) atoms. The SMILES string of the molecule is COc1cccc(N(CC(=O)Nc2ccccc2C(=O)NCC(C)C)S(=O)(=O)c2ccccc2)c1. The van der Waals surface area contributed by atoms with E-state index in [4.69, 9.17) is 4.74 Å². The van der Waals surface area contributed by atoms with E-state index < -0.39 is 22.5 Å². The van der Waals surface area contributed by atoms with Crippen molar-refractivity contribution in [2.75, 3.05) is 29.8 Å². The minimum absolute atomic E-state index is 0.0454. The Kier molecular flexibility index (Phi) is 8.48. The van der Waals surface area contributed by atoms with E-state index in [2.05, 4.69) is 10.6 Å². The second kappa shape index (κ2) is 11.5. The Morgan fingerprint density at radius 1 is 0.943 bits per heavy atom. The van der Waals surface area contributed by atoms with E-state index in [0.29, 0.717) is 23.5 Å². The van der Waals surface area contributed by atoms with Gasteiger partial charge in [-0.15, -0.1) is 0 Å². The zero-order chi connectivity index (χ0) is 25.4. The third kappa shape index (κ3) is 6.60. The fraction of sp³-hybridized carbons (Fsp3) is 0.231. The molecule has 0 aliphatic rings. The molecule has 2 N–H and O–H groups in total. The molecule has 0 atom stereocenters. The maximum absolute atomic E-state index is 13.5. The van der Waals surface area contributed by atoms with Crippen molar-refractivity contribution in [2.24, 2.45) is 5.92 Å². The van der Waals surface area contributed by atoms with Crippen molar-refractivity contribution >= 4 is 33.2 Å². The lowest BCUT2D eigenvalue weighted by atomic mass is 10.1. The largest absolute Gasteiger partial charge is 0.497 e. The third-order valence-electron chi connectivity index (χ3n) is 5.08. The molecular weight excluding hydrogens is 466 g/mol. The standard InChI is InChI=1S/C26H29N3O5S/c1-19(2)17-27-26(31)23-14-7-8-15-24(23)28-25(30)18-29(20-10-9-11-21(16-20)34-3)35(32,33)22-12-5-4-6-13-22/h4-16,19H,17-18H2,1-3H3,(H,27,31)(H,28,30). The molecule has 0 aromatic heterocycles. The zero-order valence-corrected chi connectivity index (χ0v) is 20.7. The van der Waals surface area contributed by atoms with Gasteiger partial charge in [-0.1, -0.05) is 50.2 Å². The van der Waals surface area contributed by atoms with Crippen LogP contribution in [0.15, 0.2) is 83.8 Å². The predicted molar refractivity (Wildman–Crippen MR) is 136 cm³/mol. The Morgan fingerprint density at radius 3 is 2.31 bits per heavy atom. The highest BCUT2D eigenvalue weighted by molar-refractivity contribution is 7.92. The molecule has 3 aromatic rings.